The van der Waals surface area contributed by atoms with E-state index in [1.54, 1.807) is 31.4 Å². The monoisotopic (exact) mass is 265 g/mol. The summed E-state index contributed by atoms with van der Waals surface area (Å²) in [5.74, 6) is 0.825. The molecule has 0 bridgehead atoms. The van der Waals surface area contributed by atoms with Crippen LogP contribution >= 0.6 is 0 Å². The SMILES string of the molecule is C[NH2+]CCS(=O)(=O)c1ccc(OC)cc1.[Cl-]. The highest BCUT2D eigenvalue weighted by atomic mass is 35.5. The molecule has 2 N–H and O–H groups in total. The van der Waals surface area contributed by atoms with Crippen molar-refractivity contribution in [3.63, 3.8) is 0 Å². The van der Waals surface area contributed by atoms with Crippen LogP contribution in [-0.2, 0) is 9.84 Å². The molecular weight excluding hydrogens is 250 g/mol. The van der Waals surface area contributed by atoms with E-state index in [-0.39, 0.29) is 18.2 Å². The summed E-state index contributed by atoms with van der Waals surface area (Å²) in [4.78, 5) is 0.352. The van der Waals surface area contributed by atoms with E-state index in [1.807, 2.05) is 12.4 Å². The van der Waals surface area contributed by atoms with E-state index in [1.165, 1.54) is 0 Å². The zero-order chi connectivity index (χ0) is 11.3. The van der Waals surface area contributed by atoms with Gasteiger partial charge in [-0.2, -0.15) is 0 Å². The first-order valence-corrected chi connectivity index (χ1v) is 6.40. The van der Waals surface area contributed by atoms with Crippen LogP contribution in [-0.4, -0.2) is 34.9 Å². The summed E-state index contributed by atoms with van der Waals surface area (Å²) in [7, 11) is 0.268. The molecule has 0 saturated heterocycles. The molecule has 1 rings (SSSR count). The van der Waals surface area contributed by atoms with Crippen LogP contribution in [0.3, 0.4) is 0 Å². The predicted octanol–water partition coefficient (Wildman–Crippen LogP) is -3.33. The molecule has 1 aromatic carbocycles. The lowest BCUT2D eigenvalue weighted by Crippen LogP contribution is -3.00. The Morgan fingerprint density at radius 1 is 1.25 bits per heavy atom. The summed E-state index contributed by atoms with van der Waals surface area (Å²) in [6, 6.07) is 6.46. The number of rotatable bonds is 5. The molecule has 0 aliphatic rings. The van der Waals surface area contributed by atoms with E-state index in [0.29, 0.717) is 17.2 Å². The second-order valence-electron chi connectivity index (χ2n) is 3.19. The van der Waals surface area contributed by atoms with Gasteiger partial charge in [-0.05, 0) is 24.3 Å². The molecule has 1 aromatic rings. The Balaban J connectivity index is 0.00000225. The number of hydrogen-bond donors (Lipinski definition) is 1. The zero-order valence-electron chi connectivity index (χ0n) is 9.31. The number of nitrogens with two attached hydrogens (primary N) is 1. The molecule has 0 amide bonds. The van der Waals surface area contributed by atoms with Gasteiger partial charge in [0.1, 0.15) is 11.5 Å². The van der Waals surface area contributed by atoms with Crippen LogP contribution in [0, 0.1) is 0 Å². The van der Waals surface area contributed by atoms with Crippen molar-refractivity contribution in [3.8, 4) is 5.75 Å². The highest BCUT2D eigenvalue weighted by Gasteiger charge is 2.14. The van der Waals surface area contributed by atoms with Gasteiger partial charge in [0.15, 0.2) is 9.84 Å². The molecule has 0 radical (unpaired) electrons. The third kappa shape index (κ3) is 4.00. The van der Waals surface area contributed by atoms with E-state index in [0.717, 1.165) is 0 Å². The van der Waals surface area contributed by atoms with E-state index in [9.17, 15) is 8.42 Å². The molecule has 0 heterocycles. The normalized spacial score (nSPS) is 10.6. The van der Waals surface area contributed by atoms with Gasteiger partial charge in [0, 0.05) is 0 Å². The van der Waals surface area contributed by atoms with Gasteiger partial charge in [0.05, 0.1) is 25.6 Å². The lowest BCUT2D eigenvalue weighted by Gasteiger charge is -2.04. The maximum absolute atomic E-state index is 11.7. The summed E-state index contributed by atoms with van der Waals surface area (Å²) in [5, 5.41) is 1.85. The molecule has 0 aromatic heterocycles. The van der Waals surface area contributed by atoms with Gasteiger partial charge in [-0.1, -0.05) is 0 Å². The summed E-state index contributed by atoms with van der Waals surface area (Å²) in [5.41, 5.74) is 0. The molecule has 92 valence electrons. The van der Waals surface area contributed by atoms with Crippen molar-refractivity contribution < 1.29 is 30.9 Å². The van der Waals surface area contributed by atoms with Crippen LogP contribution in [0.1, 0.15) is 0 Å². The molecule has 0 aliphatic heterocycles. The van der Waals surface area contributed by atoms with E-state index in [4.69, 9.17) is 4.74 Å². The molecule has 0 saturated carbocycles. The Morgan fingerprint density at radius 3 is 2.25 bits per heavy atom. The molecule has 0 atom stereocenters. The summed E-state index contributed by atoms with van der Waals surface area (Å²) in [6.45, 7) is 0.578. The molecule has 0 unspecified atom stereocenters. The minimum absolute atomic E-state index is 0. The van der Waals surface area contributed by atoms with Crippen molar-refractivity contribution in [1.82, 2.24) is 0 Å². The number of benzene rings is 1. The van der Waals surface area contributed by atoms with Gasteiger partial charge in [-0.25, -0.2) is 8.42 Å². The van der Waals surface area contributed by atoms with Crippen LogP contribution in [0.25, 0.3) is 0 Å². The fourth-order valence-electron chi connectivity index (χ4n) is 1.17. The topological polar surface area (TPSA) is 60.0 Å². The number of sulfone groups is 1. The van der Waals surface area contributed by atoms with Crippen molar-refractivity contribution in [2.75, 3.05) is 26.5 Å². The Bertz CT molecular complexity index is 403. The van der Waals surface area contributed by atoms with Crippen molar-refractivity contribution in [2.24, 2.45) is 0 Å². The lowest BCUT2D eigenvalue weighted by molar-refractivity contribution is -0.622. The number of hydrogen-bond acceptors (Lipinski definition) is 3. The second-order valence-corrected chi connectivity index (χ2v) is 5.30. The molecule has 0 aliphatic carbocycles. The smallest absolute Gasteiger partial charge is 0.183 e. The first-order valence-electron chi connectivity index (χ1n) is 4.75. The van der Waals surface area contributed by atoms with Crippen molar-refractivity contribution in [2.45, 2.75) is 4.90 Å². The number of quaternary nitrogens is 1. The number of methoxy groups -OCH3 is 1. The minimum Gasteiger partial charge on any atom is -1.00 e. The summed E-state index contributed by atoms with van der Waals surface area (Å²) < 4.78 is 28.4. The number of halogens is 1. The fraction of sp³-hybridized carbons (Fsp3) is 0.400. The van der Waals surface area contributed by atoms with Gasteiger partial charge < -0.3 is 22.5 Å². The molecule has 6 heteroatoms. The minimum atomic E-state index is -3.13. The fourth-order valence-corrected chi connectivity index (χ4v) is 2.51. The molecule has 0 spiro atoms. The van der Waals surface area contributed by atoms with E-state index in [2.05, 4.69) is 0 Å². The highest BCUT2D eigenvalue weighted by Crippen LogP contribution is 2.16. The summed E-state index contributed by atoms with van der Waals surface area (Å²) >= 11 is 0. The zero-order valence-corrected chi connectivity index (χ0v) is 10.9. The largest absolute Gasteiger partial charge is 1.00 e. The van der Waals surface area contributed by atoms with Gasteiger partial charge in [-0.15, -0.1) is 0 Å². The Morgan fingerprint density at radius 2 is 1.81 bits per heavy atom. The van der Waals surface area contributed by atoms with E-state index < -0.39 is 9.84 Å². The second kappa shape index (κ2) is 6.73. The predicted molar refractivity (Wildman–Crippen MR) is 57.8 cm³/mol. The summed E-state index contributed by atoms with van der Waals surface area (Å²) in [6.07, 6.45) is 0. The van der Waals surface area contributed by atoms with Crippen LogP contribution in [0.15, 0.2) is 29.2 Å². The maximum atomic E-state index is 11.7. The third-order valence-corrected chi connectivity index (χ3v) is 3.86. The maximum Gasteiger partial charge on any atom is 0.183 e. The number of ether oxygens (including phenoxy) is 1. The van der Waals surface area contributed by atoms with Crippen LogP contribution in [0.4, 0.5) is 0 Å². The first-order chi connectivity index (χ1) is 7.10. The Hall–Kier alpha value is -0.780. The van der Waals surface area contributed by atoms with Crippen molar-refractivity contribution in [1.29, 1.82) is 0 Å². The highest BCUT2D eigenvalue weighted by molar-refractivity contribution is 7.91. The average molecular weight is 266 g/mol. The quantitative estimate of drug-likeness (QED) is 0.606. The molecule has 0 fully saturated rings. The van der Waals surface area contributed by atoms with Crippen LogP contribution in [0.5, 0.6) is 5.75 Å². The van der Waals surface area contributed by atoms with Crippen molar-refractivity contribution >= 4 is 9.84 Å². The van der Waals surface area contributed by atoms with Gasteiger partial charge in [0.25, 0.3) is 0 Å². The average Bonchev–Trinajstić information content (AvgIpc) is 2.26. The molecule has 4 nitrogen and oxygen atoms in total. The lowest BCUT2D eigenvalue weighted by atomic mass is 10.3. The molecular formula is C10H16ClNO3S. The van der Waals surface area contributed by atoms with Gasteiger partial charge in [-0.3, -0.25) is 0 Å². The first kappa shape index (κ1) is 15.2. The van der Waals surface area contributed by atoms with E-state index >= 15 is 0 Å². The van der Waals surface area contributed by atoms with Crippen LogP contribution < -0.4 is 22.5 Å². The Kier molecular flexibility index (Phi) is 6.40. The Labute approximate surface area is 102 Å². The van der Waals surface area contributed by atoms with Crippen molar-refractivity contribution in [3.05, 3.63) is 24.3 Å². The van der Waals surface area contributed by atoms with Gasteiger partial charge in [0.2, 0.25) is 0 Å². The standard InChI is InChI=1S/C10H15NO3S.ClH/c1-11-7-8-15(12,13)10-5-3-9(14-2)4-6-10;/h3-6,11H,7-8H2,1-2H3;1H. The third-order valence-electron chi connectivity index (χ3n) is 2.09. The molecule has 16 heavy (non-hydrogen) atoms. The van der Waals surface area contributed by atoms with Gasteiger partial charge >= 0.3 is 0 Å². The van der Waals surface area contributed by atoms with Crippen LogP contribution in [0.2, 0.25) is 0 Å².